The van der Waals surface area contributed by atoms with Crippen molar-refractivity contribution in [2.45, 2.75) is 12.8 Å². The van der Waals surface area contributed by atoms with Crippen molar-refractivity contribution in [1.29, 1.82) is 0 Å². The van der Waals surface area contributed by atoms with E-state index >= 15 is 0 Å². The van der Waals surface area contributed by atoms with E-state index in [4.69, 9.17) is 17.3 Å². The number of hydrogen-bond donors (Lipinski definition) is 1. The molecule has 0 aliphatic heterocycles. The summed E-state index contributed by atoms with van der Waals surface area (Å²) in [6.45, 7) is 0.739. The van der Waals surface area contributed by atoms with E-state index in [0.29, 0.717) is 0 Å². The van der Waals surface area contributed by atoms with Crippen LogP contribution in [0.15, 0.2) is 48.5 Å². The number of aryl methyl sites for hydroxylation is 1. The van der Waals surface area contributed by atoms with Crippen LogP contribution in [0.2, 0.25) is 5.02 Å². The van der Waals surface area contributed by atoms with Gasteiger partial charge in [0, 0.05) is 5.02 Å². The highest BCUT2D eigenvalue weighted by Crippen LogP contribution is 2.15. The Labute approximate surface area is 119 Å². The molecule has 98 valence electrons. The molecule has 2 heteroatoms. The van der Waals surface area contributed by atoms with Crippen LogP contribution in [0.3, 0.4) is 0 Å². The third-order valence-electron chi connectivity index (χ3n) is 2.94. The fourth-order valence-electron chi connectivity index (χ4n) is 1.96. The molecule has 19 heavy (non-hydrogen) atoms. The summed E-state index contributed by atoms with van der Waals surface area (Å²) in [5.74, 6) is 0. The molecule has 2 aromatic rings. The van der Waals surface area contributed by atoms with E-state index in [-0.39, 0.29) is 0 Å². The summed E-state index contributed by atoms with van der Waals surface area (Å²) >= 11 is 5.96. The summed E-state index contributed by atoms with van der Waals surface area (Å²) in [5.41, 5.74) is 9.18. The molecule has 0 aromatic heterocycles. The second-order valence-corrected chi connectivity index (χ2v) is 4.96. The van der Waals surface area contributed by atoms with Gasteiger partial charge in [-0.1, -0.05) is 60.2 Å². The summed E-state index contributed by atoms with van der Waals surface area (Å²) in [6, 6.07) is 16.4. The lowest BCUT2D eigenvalue weighted by atomic mass is 10.1. The van der Waals surface area contributed by atoms with Crippen LogP contribution >= 0.6 is 11.6 Å². The zero-order valence-corrected chi connectivity index (χ0v) is 11.6. The van der Waals surface area contributed by atoms with Crippen LogP contribution in [0.1, 0.15) is 23.1 Å². The van der Waals surface area contributed by atoms with Gasteiger partial charge in [-0.3, -0.25) is 0 Å². The molecule has 0 aliphatic rings. The molecule has 0 atom stereocenters. The van der Waals surface area contributed by atoms with Crippen molar-refractivity contribution < 1.29 is 0 Å². The molecule has 0 bridgehead atoms. The molecule has 0 amide bonds. The molecule has 0 unspecified atom stereocenters. The van der Waals surface area contributed by atoms with Crippen molar-refractivity contribution in [2.75, 3.05) is 6.54 Å². The Morgan fingerprint density at radius 3 is 2.32 bits per heavy atom. The smallest absolute Gasteiger partial charge is 0.0411 e. The van der Waals surface area contributed by atoms with E-state index in [1.165, 1.54) is 11.1 Å². The lowest BCUT2D eigenvalue weighted by Gasteiger charge is -2.01. The first kappa shape index (κ1) is 13.9. The second kappa shape index (κ2) is 7.13. The summed E-state index contributed by atoms with van der Waals surface area (Å²) in [6.07, 6.45) is 6.25. The topological polar surface area (TPSA) is 26.0 Å². The van der Waals surface area contributed by atoms with E-state index in [1.807, 2.05) is 24.3 Å². The van der Waals surface area contributed by atoms with Crippen molar-refractivity contribution >= 4 is 23.8 Å². The molecular weight excluding hydrogens is 254 g/mol. The van der Waals surface area contributed by atoms with E-state index in [9.17, 15) is 0 Å². The molecule has 1 nitrogen and oxygen atoms in total. The zero-order valence-electron chi connectivity index (χ0n) is 10.9. The van der Waals surface area contributed by atoms with Crippen molar-refractivity contribution in [3.05, 3.63) is 70.2 Å². The second-order valence-electron chi connectivity index (χ2n) is 4.53. The molecule has 0 radical (unpaired) electrons. The van der Waals surface area contributed by atoms with Crippen molar-refractivity contribution in [2.24, 2.45) is 5.73 Å². The number of nitrogens with two attached hydrogens (primary N) is 1. The number of rotatable bonds is 5. The monoisotopic (exact) mass is 271 g/mol. The Morgan fingerprint density at radius 1 is 0.947 bits per heavy atom. The van der Waals surface area contributed by atoms with Gasteiger partial charge >= 0.3 is 0 Å². The minimum atomic E-state index is 0.739. The van der Waals surface area contributed by atoms with Gasteiger partial charge < -0.3 is 5.73 Å². The highest BCUT2D eigenvalue weighted by atomic mass is 35.5. The van der Waals surface area contributed by atoms with E-state index in [1.54, 1.807) is 0 Å². The molecule has 0 spiro atoms. The Hall–Kier alpha value is -1.57. The Kier molecular flexibility index (Phi) is 5.20. The predicted molar refractivity (Wildman–Crippen MR) is 84.2 cm³/mol. The largest absolute Gasteiger partial charge is 0.330 e. The highest BCUT2D eigenvalue weighted by molar-refractivity contribution is 6.30. The normalized spacial score (nSPS) is 11.1. The fourth-order valence-corrected chi connectivity index (χ4v) is 2.16. The summed E-state index contributed by atoms with van der Waals surface area (Å²) in [7, 11) is 0. The first-order chi connectivity index (χ1) is 9.28. The standard InChI is InChI=1S/C17H18ClN/c18-17-8-2-6-16(13-17)10-9-15-5-1-4-14(12-15)7-3-11-19/h1-2,4-6,8-10,12-13H,3,7,11,19H2. The van der Waals surface area contributed by atoms with Gasteiger partial charge in [-0.15, -0.1) is 0 Å². The minimum Gasteiger partial charge on any atom is -0.330 e. The maximum atomic E-state index is 5.96. The van der Waals surface area contributed by atoms with Gasteiger partial charge in [0.1, 0.15) is 0 Å². The molecule has 0 saturated carbocycles. The molecule has 0 aliphatic carbocycles. The molecule has 0 saturated heterocycles. The van der Waals surface area contributed by atoms with Crippen LogP contribution in [0.4, 0.5) is 0 Å². The molecule has 0 heterocycles. The van der Waals surface area contributed by atoms with Crippen LogP contribution in [0.25, 0.3) is 12.2 Å². The highest BCUT2D eigenvalue weighted by Gasteiger charge is 1.94. The Morgan fingerprint density at radius 2 is 1.63 bits per heavy atom. The predicted octanol–water partition coefficient (Wildman–Crippen LogP) is 4.40. The summed E-state index contributed by atoms with van der Waals surface area (Å²) in [4.78, 5) is 0. The van der Waals surface area contributed by atoms with Gasteiger partial charge in [0.25, 0.3) is 0 Å². The van der Waals surface area contributed by atoms with Crippen LogP contribution < -0.4 is 5.73 Å². The summed E-state index contributed by atoms with van der Waals surface area (Å²) in [5, 5.41) is 0.763. The fraction of sp³-hybridized carbons (Fsp3) is 0.176. The SMILES string of the molecule is NCCCc1cccc(C=Cc2cccc(Cl)c2)c1. The Bertz CT molecular complexity index is 561. The first-order valence-corrected chi connectivity index (χ1v) is 6.88. The Balaban J connectivity index is 2.10. The third kappa shape index (κ3) is 4.55. The zero-order chi connectivity index (χ0) is 13.5. The van der Waals surface area contributed by atoms with Crippen LogP contribution in [0.5, 0.6) is 0 Å². The van der Waals surface area contributed by atoms with E-state index < -0.39 is 0 Å². The minimum absolute atomic E-state index is 0.739. The van der Waals surface area contributed by atoms with Gasteiger partial charge in [0.05, 0.1) is 0 Å². The van der Waals surface area contributed by atoms with Crippen molar-refractivity contribution in [3.63, 3.8) is 0 Å². The van der Waals surface area contributed by atoms with Gasteiger partial charge in [-0.2, -0.15) is 0 Å². The average Bonchev–Trinajstić information content (AvgIpc) is 2.43. The van der Waals surface area contributed by atoms with Gasteiger partial charge in [0.15, 0.2) is 0 Å². The van der Waals surface area contributed by atoms with Crippen LogP contribution in [0, 0.1) is 0 Å². The molecule has 2 aromatic carbocycles. The molecule has 0 fully saturated rings. The maximum absolute atomic E-state index is 5.96. The van der Waals surface area contributed by atoms with Crippen molar-refractivity contribution in [1.82, 2.24) is 0 Å². The first-order valence-electron chi connectivity index (χ1n) is 6.50. The van der Waals surface area contributed by atoms with Gasteiger partial charge in [-0.05, 0) is 48.2 Å². The number of halogens is 1. The van der Waals surface area contributed by atoms with Gasteiger partial charge in [-0.25, -0.2) is 0 Å². The van der Waals surface area contributed by atoms with Crippen molar-refractivity contribution in [3.8, 4) is 0 Å². The summed E-state index contributed by atoms with van der Waals surface area (Å²) < 4.78 is 0. The molecule has 2 N–H and O–H groups in total. The maximum Gasteiger partial charge on any atom is 0.0411 e. The van der Waals surface area contributed by atoms with Crippen LogP contribution in [-0.4, -0.2) is 6.54 Å². The average molecular weight is 272 g/mol. The number of benzene rings is 2. The van der Waals surface area contributed by atoms with E-state index in [2.05, 4.69) is 36.4 Å². The lowest BCUT2D eigenvalue weighted by Crippen LogP contribution is -2.00. The molecule has 2 rings (SSSR count). The number of hydrogen-bond acceptors (Lipinski definition) is 1. The quantitative estimate of drug-likeness (QED) is 0.802. The third-order valence-corrected chi connectivity index (χ3v) is 3.17. The molecular formula is C17H18ClN. The van der Waals surface area contributed by atoms with Gasteiger partial charge in [0.2, 0.25) is 0 Å². The van der Waals surface area contributed by atoms with Crippen LogP contribution in [-0.2, 0) is 6.42 Å². The lowest BCUT2D eigenvalue weighted by molar-refractivity contribution is 0.832. The van der Waals surface area contributed by atoms with E-state index in [0.717, 1.165) is 30.0 Å².